The van der Waals surface area contributed by atoms with Gasteiger partial charge >= 0.3 is 5.97 Å². The van der Waals surface area contributed by atoms with Gasteiger partial charge in [-0.05, 0) is 44.5 Å². The van der Waals surface area contributed by atoms with Gasteiger partial charge < -0.3 is 24.9 Å². The summed E-state index contributed by atoms with van der Waals surface area (Å²) < 4.78 is 10.6. The number of methoxy groups -OCH3 is 2. The number of H-pyrrole nitrogens is 1. The number of ether oxygens (including phenoxy) is 2. The minimum atomic E-state index is -1.10. The van der Waals surface area contributed by atoms with E-state index in [4.69, 9.17) is 9.47 Å². The van der Waals surface area contributed by atoms with Crippen molar-refractivity contribution in [3.05, 3.63) is 46.3 Å². The highest BCUT2D eigenvalue weighted by Gasteiger charge is 2.23. The molecule has 0 bridgehead atoms. The standard InChI is InChI=1S/C18H22N2O5/c1-9-15(11(3)19-16(9)18(22)23)17(21)20-10(2)13-8-12(24-4)6-7-14(13)25-5/h6-8,10,19H,1-5H3,(H,20,21)(H,22,23)/t10-/m0/s1. The van der Waals surface area contributed by atoms with Crippen LogP contribution in [0.2, 0.25) is 0 Å². The zero-order valence-corrected chi connectivity index (χ0v) is 14.9. The Labute approximate surface area is 146 Å². The van der Waals surface area contributed by atoms with Crippen LogP contribution in [0.15, 0.2) is 18.2 Å². The molecule has 1 aromatic heterocycles. The normalized spacial score (nSPS) is 11.7. The molecule has 0 aliphatic carbocycles. The van der Waals surface area contributed by atoms with Crippen molar-refractivity contribution < 1.29 is 24.2 Å². The van der Waals surface area contributed by atoms with Crippen molar-refractivity contribution in [1.82, 2.24) is 10.3 Å². The van der Waals surface area contributed by atoms with Crippen LogP contribution in [0.5, 0.6) is 11.5 Å². The minimum Gasteiger partial charge on any atom is -0.497 e. The molecule has 0 saturated heterocycles. The Morgan fingerprint density at radius 2 is 1.88 bits per heavy atom. The second kappa shape index (κ2) is 7.29. The maximum atomic E-state index is 12.7. The summed E-state index contributed by atoms with van der Waals surface area (Å²) in [6.45, 7) is 5.11. The van der Waals surface area contributed by atoms with Crippen molar-refractivity contribution in [2.24, 2.45) is 0 Å². The molecule has 2 rings (SSSR count). The molecular formula is C18H22N2O5. The summed E-state index contributed by atoms with van der Waals surface area (Å²) in [6, 6.07) is 4.98. The van der Waals surface area contributed by atoms with Crippen LogP contribution in [0.3, 0.4) is 0 Å². The van der Waals surface area contributed by atoms with Crippen molar-refractivity contribution in [3.63, 3.8) is 0 Å². The number of aromatic carboxylic acids is 1. The fraction of sp³-hybridized carbons (Fsp3) is 0.333. The van der Waals surface area contributed by atoms with Gasteiger partial charge in [0.1, 0.15) is 17.2 Å². The third-order valence-electron chi connectivity index (χ3n) is 4.13. The van der Waals surface area contributed by atoms with Gasteiger partial charge in [0.05, 0.1) is 25.8 Å². The Kier molecular flexibility index (Phi) is 5.36. The number of carboxylic acid groups (broad SMARTS) is 1. The van der Waals surface area contributed by atoms with Crippen LogP contribution in [-0.2, 0) is 0 Å². The van der Waals surface area contributed by atoms with E-state index in [1.807, 2.05) is 6.92 Å². The maximum Gasteiger partial charge on any atom is 0.352 e. The molecule has 1 amide bonds. The lowest BCUT2D eigenvalue weighted by atomic mass is 10.0. The van der Waals surface area contributed by atoms with Crippen molar-refractivity contribution >= 4 is 11.9 Å². The van der Waals surface area contributed by atoms with Gasteiger partial charge in [-0.25, -0.2) is 4.79 Å². The lowest BCUT2D eigenvalue weighted by molar-refractivity contribution is 0.0690. The number of benzene rings is 1. The van der Waals surface area contributed by atoms with E-state index in [-0.39, 0.29) is 17.6 Å². The number of rotatable bonds is 6. The van der Waals surface area contributed by atoms with Gasteiger partial charge in [0, 0.05) is 11.3 Å². The summed E-state index contributed by atoms with van der Waals surface area (Å²) in [6.07, 6.45) is 0. The largest absolute Gasteiger partial charge is 0.497 e. The van der Waals surface area contributed by atoms with Gasteiger partial charge in [0.25, 0.3) is 5.91 Å². The molecule has 3 N–H and O–H groups in total. The van der Waals surface area contributed by atoms with Gasteiger partial charge in [0.2, 0.25) is 0 Å². The molecule has 7 nitrogen and oxygen atoms in total. The third-order valence-corrected chi connectivity index (χ3v) is 4.13. The van der Waals surface area contributed by atoms with E-state index in [1.165, 1.54) is 0 Å². The quantitative estimate of drug-likeness (QED) is 0.747. The maximum absolute atomic E-state index is 12.7. The summed E-state index contributed by atoms with van der Waals surface area (Å²) in [4.78, 5) is 26.6. The van der Waals surface area contributed by atoms with E-state index in [1.54, 1.807) is 46.3 Å². The van der Waals surface area contributed by atoms with Gasteiger partial charge in [-0.3, -0.25) is 4.79 Å². The fourth-order valence-electron chi connectivity index (χ4n) is 2.83. The third kappa shape index (κ3) is 3.60. The number of hydrogen-bond acceptors (Lipinski definition) is 4. The minimum absolute atomic E-state index is 0.0225. The molecule has 2 aromatic rings. The lowest BCUT2D eigenvalue weighted by Gasteiger charge is -2.18. The molecule has 0 aliphatic rings. The van der Waals surface area contributed by atoms with Crippen molar-refractivity contribution in [1.29, 1.82) is 0 Å². The number of amides is 1. The van der Waals surface area contributed by atoms with E-state index < -0.39 is 5.97 Å². The lowest BCUT2D eigenvalue weighted by Crippen LogP contribution is -2.27. The Hall–Kier alpha value is -2.96. The second-order valence-electron chi connectivity index (χ2n) is 5.73. The Morgan fingerprint density at radius 3 is 2.40 bits per heavy atom. The second-order valence-corrected chi connectivity index (χ2v) is 5.73. The van der Waals surface area contributed by atoms with Crippen LogP contribution in [0.4, 0.5) is 0 Å². The van der Waals surface area contributed by atoms with Crippen LogP contribution < -0.4 is 14.8 Å². The molecule has 0 spiro atoms. The highest BCUT2D eigenvalue weighted by molar-refractivity contribution is 6.01. The fourth-order valence-corrected chi connectivity index (χ4v) is 2.83. The summed E-state index contributed by atoms with van der Waals surface area (Å²) >= 11 is 0. The summed E-state index contributed by atoms with van der Waals surface area (Å²) in [7, 11) is 3.12. The Balaban J connectivity index is 2.31. The van der Waals surface area contributed by atoms with E-state index in [0.717, 1.165) is 5.56 Å². The van der Waals surface area contributed by atoms with Crippen molar-refractivity contribution in [2.75, 3.05) is 14.2 Å². The van der Waals surface area contributed by atoms with E-state index in [0.29, 0.717) is 28.3 Å². The topological polar surface area (TPSA) is 101 Å². The number of aryl methyl sites for hydroxylation is 1. The zero-order chi connectivity index (χ0) is 18.7. The van der Waals surface area contributed by atoms with Crippen LogP contribution in [0.1, 0.15) is 50.6 Å². The first-order valence-electron chi connectivity index (χ1n) is 7.75. The molecular weight excluding hydrogens is 324 g/mol. The monoisotopic (exact) mass is 346 g/mol. The predicted octanol–water partition coefficient (Wildman–Crippen LogP) is 2.84. The summed E-state index contributed by atoms with van der Waals surface area (Å²) in [5.41, 5.74) is 2.05. The Morgan fingerprint density at radius 1 is 1.20 bits per heavy atom. The van der Waals surface area contributed by atoms with Crippen molar-refractivity contribution in [3.8, 4) is 11.5 Å². The van der Waals surface area contributed by atoms with Crippen molar-refractivity contribution in [2.45, 2.75) is 26.8 Å². The van der Waals surface area contributed by atoms with E-state index in [9.17, 15) is 14.7 Å². The molecule has 0 unspecified atom stereocenters. The number of aromatic amines is 1. The number of aromatic nitrogens is 1. The van der Waals surface area contributed by atoms with Crippen LogP contribution in [0, 0.1) is 13.8 Å². The predicted molar refractivity (Wildman–Crippen MR) is 92.7 cm³/mol. The molecule has 25 heavy (non-hydrogen) atoms. The SMILES string of the molecule is COc1ccc(OC)c([C@H](C)NC(=O)c2c(C)[nH]c(C(=O)O)c2C)c1. The first-order chi connectivity index (χ1) is 11.8. The number of nitrogens with one attached hydrogen (secondary N) is 2. The average Bonchev–Trinajstić information content (AvgIpc) is 2.88. The molecule has 0 fully saturated rings. The molecule has 0 saturated carbocycles. The van der Waals surface area contributed by atoms with E-state index >= 15 is 0 Å². The highest BCUT2D eigenvalue weighted by Crippen LogP contribution is 2.29. The molecule has 1 atom stereocenters. The van der Waals surface area contributed by atoms with Crippen LogP contribution >= 0.6 is 0 Å². The summed E-state index contributed by atoms with van der Waals surface area (Å²) in [5, 5.41) is 12.1. The zero-order valence-electron chi connectivity index (χ0n) is 14.9. The van der Waals surface area contributed by atoms with Gasteiger partial charge in [-0.15, -0.1) is 0 Å². The number of carbonyl (C=O) groups excluding carboxylic acids is 1. The molecule has 1 aromatic carbocycles. The number of hydrogen-bond donors (Lipinski definition) is 3. The van der Waals surface area contributed by atoms with E-state index in [2.05, 4.69) is 10.3 Å². The number of carboxylic acids is 1. The first-order valence-corrected chi connectivity index (χ1v) is 7.75. The highest BCUT2D eigenvalue weighted by atomic mass is 16.5. The summed E-state index contributed by atoms with van der Waals surface area (Å²) in [5.74, 6) is -0.167. The van der Waals surface area contributed by atoms with Gasteiger partial charge in [-0.1, -0.05) is 0 Å². The van der Waals surface area contributed by atoms with Crippen LogP contribution in [0.25, 0.3) is 0 Å². The first kappa shape index (κ1) is 18.4. The van der Waals surface area contributed by atoms with Gasteiger partial charge in [0.15, 0.2) is 0 Å². The average molecular weight is 346 g/mol. The molecule has 134 valence electrons. The molecule has 0 radical (unpaired) electrons. The molecule has 7 heteroatoms. The van der Waals surface area contributed by atoms with Gasteiger partial charge in [-0.2, -0.15) is 0 Å². The molecule has 0 aliphatic heterocycles. The smallest absolute Gasteiger partial charge is 0.352 e. The number of carbonyl (C=O) groups is 2. The molecule has 1 heterocycles. The Bertz CT molecular complexity index is 810. The van der Waals surface area contributed by atoms with Crippen LogP contribution in [-0.4, -0.2) is 36.2 Å².